The molecule has 1 aromatic carbocycles. The van der Waals surface area contributed by atoms with Gasteiger partial charge in [0.05, 0.1) is 31.0 Å². The number of Topliss-reactive ketones (excluding diaryl/α,β-unsaturated/α-hetero) is 1. The molecule has 104 valence electrons. The van der Waals surface area contributed by atoms with Gasteiger partial charge in [-0.2, -0.15) is 0 Å². The van der Waals surface area contributed by atoms with Gasteiger partial charge in [-0.25, -0.2) is 0 Å². The van der Waals surface area contributed by atoms with Crippen LogP contribution in [0.2, 0.25) is 0 Å². The first-order chi connectivity index (χ1) is 8.92. The number of benzene rings is 1. The average Bonchev–Trinajstić information content (AvgIpc) is 2.36. The minimum atomic E-state index is -1.05. The van der Waals surface area contributed by atoms with Gasteiger partial charge in [0.1, 0.15) is 16.0 Å². The number of methoxy groups -OCH3 is 2. The van der Waals surface area contributed by atoms with E-state index < -0.39 is 10.8 Å². The van der Waals surface area contributed by atoms with Gasteiger partial charge in [0.15, 0.2) is 5.78 Å². The lowest BCUT2D eigenvalue weighted by atomic mass is 10.1. The molecule has 0 aliphatic heterocycles. The summed E-state index contributed by atoms with van der Waals surface area (Å²) in [6.45, 7) is 0. The average molecular weight is 396 g/mol. The Labute approximate surface area is 127 Å². The Hall–Kier alpha value is -1.08. The highest BCUT2D eigenvalue weighted by atomic mass is 79.9. The summed E-state index contributed by atoms with van der Waals surface area (Å²) < 4.78 is 10.8. The Bertz CT molecular complexity index is 501. The summed E-state index contributed by atoms with van der Waals surface area (Å²) in [5.41, 5.74) is 0.290. The minimum Gasteiger partial charge on any atom is -0.495 e. The van der Waals surface area contributed by atoms with Crippen molar-refractivity contribution in [2.24, 2.45) is 0 Å². The molecule has 0 saturated heterocycles. The van der Waals surface area contributed by atoms with E-state index in [1.807, 2.05) is 0 Å². The summed E-state index contributed by atoms with van der Waals surface area (Å²) in [4.78, 5) is 22.0. The Kier molecular flexibility index (Phi) is 5.81. The Morgan fingerprint density at radius 1 is 1.32 bits per heavy atom. The second kappa shape index (κ2) is 6.91. The molecule has 19 heavy (non-hydrogen) atoms. The van der Waals surface area contributed by atoms with Gasteiger partial charge in [-0.3, -0.25) is 9.59 Å². The fourth-order valence-electron chi connectivity index (χ4n) is 1.50. The summed E-state index contributed by atoms with van der Waals surface area (Å²) in [5.74, 6) is -0.568. The maximum Gasteiger partial charge on any atom is 0.304 e. The predicted molar refractivity (Wildman–Crippen MR) is 76.5 cm³/mol. The van der Waals surface area contributed by atoms with Crippen molar-refractivity contribution in [3.8, 4) is 11.5 Å². The van der Waals surface area contributed by atoms with Crippen LogP contribution in [0.1, 0.15) is 16.8 Å². The van der Waals surface area contributed by atoms with Crippen LogP contribution >= 0.6 is 31.9 Å². The van der Waals surface area contributed by atoms with Crippen LogP contribution in [0.4, 0.5) is 0 Å². The van der Waals surface area contributed by atoms with Crippen molar-refractivity contribution >= 4 is 43.6 Å². The van der Waals surface area contributed by atoms with Crippen LogP contribution in [0.3, 0.4) is 0 Å². The van der Waals surface area contributed by atoms with Crippen molar-refractivity contribution in [3.63, 3.8) is 0 Å². The van der Waals surface area contributed by atoms with Crippen molar-refractivity contribution in [2.45, 2.75) is 11.2 Å². The monoisotopic (exact) mass is 394 g/mol. The van der Waals surface area contributed by atoms with Crippen molar-refractivity contribution in [2.75, 3.05) is 14.2 Å². The molecule has 5 nitrogen and oxygen atoms in total. The van der Waals surface area contributed by atoms with E-state index in [1.165, 1.54) is 14.2 Å². The van der Waals surface area contributed by atoms with E-state index in [0.29, 0.717) is 21.5 Å². The van der Waals surface area contributed by atoms with Crippen LogP contribution in [0.25, 0.3) is 0 Å². The molecular formula is C12H12Br2O5. The van der Waals surface area contributed by atoms with E-state index in [-0.39, 0.29) is 12.2 Å². The summed E-state index contributed by atoms with van der Waals surface area (Å²) in [6.07, 6.45) is -0.300. The molecule has 0 aliphatic carbocycles. The highest BCUT2D eigenvalue weighted by molar-refractivity contribution is 9.10. The van der Waals surface area contributed by atoms with Crippen LogP contribution in [-0.4, -0.2) is 35.9 Å². The fraction of sp³-hybridized carbons (Fsp3) is 0.333. The second-order valence-corrected chi connectivity index (χ2v) is 5.49. The molecule has 0 bridgehead atoms. The lowest BCUT2D eigenvalue weighted by Gasteiger charge is -2.14. The number of hydrogen-bond donors (Lipinski definition) is 1. The molecule has 0 aliphatic rings. The SMILES string of the molecule is COc1ccc(C(=O)C(Br)CC(=O)O)c(OC)c1Br. The zero-order chi connectivity index (χ0) is 14.6. The maximum absolute atomic E-state index is 12.2. The molecule has 0 fully saturated rings. The van der Waals surface area contributed by atoms with E-state index in [4.69, 9.17) is 14.6 Å². The Morgan fingerprint density at radius 2 is 1.95 bits per heavy atom. The first-order valence-electron chi connectivity index (χ1n) is 5.22. The third kappa shape index (κ3) is 3.70. The largest absolute Gasteiger partial charge is 0.495 e. The third-order valence-corrected chi connectivity index (χ3v) is 3.88. The number of aliphatic carboxylic acids is 1. The Balaban J connectivity index is 3.16. The lowest BCUT2D eigenvalue weighted by Crippen LogP contribution is -2.19. The van der Waals surface area contributed by atoms with Gasteiger partial charge in [-0.15, -0.1) is 0 Å². The number of hydrogen-bond acceptors (Lipinski definition) is 4. The third-order valence-electron chi connectivity index (χ3n) is 2.39. The quantitative estimate of drug-likeness (QED) is 0.592. The van der Waals surface area contributed by atoms with Gasteiger partial charge in [-0.1, -0.05) is 15.9 Å². The van der Waals surface area contributed by atoms with E-state index in [2.05, 4.69) is 31.9 Å². The number of carboxylic acid groups (broad SMARTS) is 1. The number of alkyl halides is 1. The molecule has 1 unspecified atom stereocenters. The number of carboxylic acids is 1. The summed E-state index contributed by atoms with van der Waals surface area (Å²) >= 11 is 6.36. The van der Waals surface area contributed by atoms with Crippen molar-refractivity contribution in [3.05, 3.63) is 22.2 Å². The van der Waals surface area contributed by atoms with Crippen LogP contribution in [0, 0.1) is 0 Å². The van der Waals surface area contributed by atoms with Crippen LogP contribution in [-0.2, 0) is 4.79 Å². The molecule has 1 aromatic rings. The topological polar surface area (TPSA) is 72.8 Å². The normalized spacial score (nSPS) is 11.8. The molecule has 0 saturated carbocycles. The maximum atomic E-state index is 12.2. The number of halogens is 2. The van der Waals surface area contributed by atoms with E-state index in [9.17, 15) is 9.59 Å². The highest BCUT2D eigenvalue weighted by Crippen LogP contribution is 2.38. The van der Waals surface area contributed by atoms with Gasteiger partial charge >= 0.3 is 5.97 Å². The van der Waals surface area contributed by atoms with Gasteiger partial charge in [0, 0.05) is 0 Å². The molecule has 7 heteroatoms. The van der Waals surface area contributed by atoms with E-state index >= 15 is 0 Å². The van der Waals surface area contributed by atoms with Gasteiger partial charge in [-0.05, 0) is 28.1 Å². The number of ether oxygens (including phenoxy) is 2. The first kappa shape index (κ1) is 16.0. The molecule has 1 rings (SSSR count). The van der Waals surface area contributed by atoms with Crippen LogP contribution in [0.15, 0.2) is 16.6 Å². The van der Waals surface area contributed by atoms with E-state index in [0.717, 1.165) is 0 Å². The van der Waals surface area contributed by atoms with Gasteiger partial charge in [0.25, 0.3) is 0 Å². The van der Waals surface area contributed by atoms with Gasteiger partial charge < -0.3 is 14.6 Å². The van der Waals surface area contributed by atoms with E-state index in [1.54, 1.807) is 12.1 Å². The summed E-state index contributed by atoms with van der Waals surface area (Å²) in [7, 11) is 2.93. The molecule has 1 atom stereocenters. The fourth-order valence-corrected chi connectivity index (χ4v) is 2.70. The van der Waals surface area contributed by atoms with Crippen LogP contribution < -0.4 is 9.47 Å². The van der Waals surface area contributed by atoms with Gasteiger partial charge in [0.2, 0.25) is 0 Å². The molecule has 0 radical (unpaired) electrons. The molecule has 0 amide bonds. The van der Waals surface area contributed by atoms with Crippen molar-refractivity contribution in [1.29, 1.82) is 0 Å². The smallest absolute Gasteiger partial charge is 0.304 e. The number of ketones is 1. The summed E-state index contributed by atoms with van der Waals surface area (Å²) in [5, 5.41) is 8.70. The van der Waals surface area contributed by atoms with Crippen molar-refractivity contribution < 1.29 is 24.2 Å². The first-order valence-corrected chi connectivity index (χ1v) is 6.93. The molecule has 1 N–H and O–H groups in total. The summed E-state index contributed by atoms with van der Waals surface area (Å²) in [6, 6.07) is 3.15. The zero-order valence-corrected chi connectivity index (χ0v) is 13.4. The number of carbonyl (C=O) groups excluding carboxylic acids is 1. The molecular weight excluding hydrogens is 384 g/mol. The zero-order valence-electron chi connectivity index (χ0n) is 10.3. The highest BCUT2D eigenvalue weighted by Gasteiger charge is 2.25. The standard InChI is InChI=1S/C12H12Br2O5/c1-18-8-4-3-6(12(19-2)10(8)14)11(17)7(13)5-9(15)16/h3-4,7H,5H2,1-2H3,(H,15,16). The molecule has 0 aromatic heterocycles. The second-order valence-electron chi connectivity index (χ2n) is 3.59. The molecule has 0 spiro atoms. The minimum absolute atomic E-state index is 0.290. The Morgan fingerprint density at radius 3 is 2.42 bits per heavy atom. The number of carbonyl (C=O) groups is 2. The van der Waals surface area contributed by atoms with Crippen LogP contribution in [0.5, 0.6) is 11.5 Å². The number of rotatable bonds is 6. The predicted octanol–water partition coefficient (Wildman–Crippen LogP) is 2.89. The lowest BCUT2D eigenvalue weighted by molar-refractivity contribution is -0.136. The molecule has 0 heterocycles. The van der Waals surface area contributed by atoms with Crippen molar-refractivity contribution in [1.82, 2.24) is 0 Å².